The topological polar surface area (TPSA) is 115 Å². The molecule has 0 spiro atoms. The van der Waals surface area contributed by atoms with Crippen LogP contribution in [0.4, 0.5) is 16.0 Å². The van der Waals surface area contributed by atoms with Gasteiger partial charge in [-0.15, -0.1) is 0 Å². The van der Waals surface area contributed by atoms with Gasteiger partial charge in [-0.25, -0.2) is 14.4 Å². The van der Waals surface area contributed by atoms with E-state index in [0.717, 1.165) is 51.1 Å². The fourth-order valence-corrected chi connectivity index (χ4v) is 5.65. The molecule has 42 heavy (non-hydrogen) atoms. The summed E-state index contributed by atoms with van der Waals surface area (Å²) < 4.78 is 15.7. The summed E-state index contributed by atoms with van der Waals surface area (Å²) in [4.78, 5) is 39.6. The van der Waals surface area contributed by atoms with Gasteiger partial charge in [0, 0.05) is 59.1 Å². The van der Waals surface area contributed by atoms with E-state index in [0.29, 0.717) is 18.9 Å². The molecule has 1 aliphatic rings. The summed E-state index contributed by atoms with van der Waals surface area (Å²) >= 11 is 2.25. The van der Waals surface area contributed by atoms with Crippen LogP contribution in [0, 0.1) is 9.39 Å². The molecule has 11 heteroatoms. The monoisotopic (exact) mass is 681 g/mol. The molecular formula is C31H33FIN7O2. The lowest BCUT2D eigenvalue weighted by molar-refractivity contribution is -0.111. The molecule has 2 atom stereocenters. The largest absolute Gasteiger partial charge is 0.360 e. The minimum Gasteiger partial charge on any atom is -0.360 e. The van der Waals surface area contributed by atoms with Crippen LogP contribution in [0.5, 0.6) is 0 Å². The van der Waals surface area contributed by atoms with Crippen molar-refractivity contribution >= 4 is 56.9 Å². The highest BCUT2D eigenvalue weighted by Gasteiger charge is 2.25. The van der Waals surface area contributed by atoms with Crippen LogP contribution in [0.2, 0.25) is 0 Å². The number of carbonyl (C=O) groups excluding carboxylic acids is 2. The van der Waals surface area contributed by atoms with Gasteiger partial charge in [0.05, 0.1) is 15.0 Å². The van der Waals surface area contributed by atoms with E-state index >= 15 is 0 Å². The first-order chi connectivity index (χ1) is 20.3. The van der Waals surface area contributed by atoms with Crippen LogP contribution in [0.3, 0.4) is 0 Å². The molecule has 0 unspecified atom stereocenters. The molecule has 0 bridgehead atoms. The van der Waals surface area contributed by atoms with E-state index in [-0.39, 0.29) is 29.2 Å². The molecule has 5 rings (SSSR count). The number of benzene rings is 2. The Bertz CT molecular complexity index is 1620. The summed E-state index contributed by atoms with van der Waals surface area (Å²) in [7, 11) is 3.77. The third kappa shape index (κ3) is 7.32. The van der Waals surface area contributed by atoms with Gasteiger partial charge in [0.2, 0.25) is 11.9 Å². The third-order valence-corrected chi connectivity index (χ3v) is 7.95. The lowest BCUT2D eigenvalue weighted by Gasteiger charge is -2.30. The maximum absolute atomic E-state index is 14.7. The number of para-hydroxylation sites is 1. The number of likely N-dealkylation sites (N-methyl/N-ethyl adjacent to an activating group) is 1. The van der Waals surface area contributed by atoms with Crippen molar-refractivity contribution in [2.24, 2.45) is 0 Å². The van der Waals surface area contributed by atoms with Crippen molar-refractivity contribution in [3.05, 3.63) is 82.0 Å². The van der Waals surface area contributed by atoms with Gasteiger partial charge in [-0.2, -0.15) is 0 Å². The summed E-state index contributed by atoms with van der Waals surface area (Å²) in [6.07, 6.45) is 10.2. The van der Waals surface area contributed by atoms with E-state index in [2.05, 4.69) is 54.6 Å². The number of amides is 2. The van der Waals surface area contributed by atoms with E-state index in [9.17, 15) is 14.0 Å². The highest BCUT2D eigenvalue weighted by Crippen LogP contribution is 2.31. The van der Waals surface area contributed by atoms with Crippen LogP contribution in [0.15, 0.2) is 67.0 Å². The Hall–Kier alpha value is -3.84. The number of fused-ring (bicyclic) bond motifs is 1. The smallest absolute Gasteiger partial charge is 0.251 e. The van der Waals surface area contributed by atoms with Crippen molar-refractivity contribution in [1.29, 1.82) is 0 Å². The molecule has 4 aromatic rings. The van der Waals surface area contributed by atoms with E-state index < -0.39 is 11.7 Å². The first-order valence-corrected chi connectivity index (χ1v) is 14.9. The van der Waals surface area contributed by atoms with Crippen LogP contribution in [0.1, 0.15) is 36.0 Å². The van der Waals surface area contributed by atoms with Gasteiger partial charge in [0.15, 0.2) is 0 Å². The first kappa shape index (κ1) is 29.6. The summed E-state index contributed by atoms with van der Waals surface area (Å²) in [5.41, 5.74) is 3.16. The number of nitrogens with one attached hydrogen (secondary N) is 4. The highest BCUT2D eigenvalue weighted by molar-refractivity contribution is 14.1. The zero-order valence-electron chi connectivity index (χ0n) is 23.5. The van der Waals surface area contributed by atoms with Crippen molar-refractivity contribution in [2.45, 2.75) is 37.8 Å². The first-order valence-electron chi connectivity index (χ1n) is 13.8. The zero-order valence-corrected chi connectivity index (χ0v) is 25.6. The Labute approximate surface area is 257 Å². The molecule has 2 aromatic carbocycles. The Morgan fingerprint density at radius 1 is 1.17 bits per heavy atom. The number of hydrogen-bond donors (Lipinski definition) is 4. The lowest BCUT2D eigenvalue weighted by atomic mass is 9.91. The molecule has 0 radical (unpaired) electrons. The van der Waals surface area contributed by atoms with Gasteiger partial charge >= 0.3 is 0 Å². The number of aromatic amines is 1. The molecule has 4 N–H and O–H groups in total. The van der Waals surface area contributed by atoms with Crippen molar-refractivity contribution in [3.63, 3.8) is 0 Å². The zero-order chi connectivity index (χ0) is 29.6. The summed E-state index contributed by atoms with van der Waals surface area (Å²) in [5.74, 6) is -0.902. The van der Waals surface area contributed by atoms with E-state index in [4.69, 9.17) is 4.98 Å². The third-order valence-electron chi connectivity index (χ3n) is 7.16. The maximum atomic E-state index is 14.7. The molecule has 1 fully saturated rings. The minimum absolute atomic E-state index is 0.0255. The summed E-state index contributed by atoms with van der Waals surface area (Å²) in [5, 5.41) is 10.1. The lowest BCUT2D eigenvalue weighted by Crippen LogP contribution is -2.42. The molecule has 9 nitrogen and oxygen atoms in total. The molecule has 0 saturated heterocycles. The number of carbonyl (C=O) groups is 2. The Kier molecular flexibility index (Phi) is 9.48. The molecule has 0 aliphatic heterocycles. The summed E-state index contributed by atoms with van der Waals surface area (Å²) in [6.45, 7) is 0.594. The van der Waals surface area contributed by atoms with Crippen molar-refractivity contribution < 1.29 is 14.0 Å². The molecule has 2 heterocycles. The second-order valence-electron chi connectivity index (χ2n) is 10.7. The number of aromatic nitrogens is 3. The van der Waals surface area contributed by atoms with E-state index in [1.807, 2.05) is 49.6 Å². The predicted molar refractivity (Wildman–Crippen MR) is 172 cm³/mol. The fourth-order valence-electron chi connectivity index (χ4n) is 5.10. The molecule has 1 saturated carbocycles. The quantitative estimate of drug-likeness (QED) is 0.136. The fraction of sp³-hybridized carbons (Fsp3) is 0.290. The Morgan fingerprint density at radius 2 is 1.98 bits per heavy atom. The highest BCUT2D eigenvalue weighted by atomic mass is 127. The van der Waals surface area contributed by atoms with E-state index in [1.165, 1.54) is 18.2 Å². The number of rotatable bonds is 9. The second-order valence-corrected chi connectivity index (χ2v) is 11.8. The SMILES string of the molecule is CN(C)C/C=C/C(=O)Nc1ccc(C(=O)N[C@H]2CCC[C@@H](Nc3ncc(I)c(-c4c[nH]c5ccccc45)n3)C2)cc1F. The van der Waals surface area contributed by atoms with Gasteiger partial charge in [-0.05, 0) is 86.6 Å². The van der Waals surface area contributed by atoms with Crippen molar-refractivity contribution in [3.8, 4) is 11.3 Å². The van der Waals surface area contributed by atoms with E-state index in [1.54, 1.807) is 6.08 Å². The average Bonchev–Trinajstić information content (AvgIpc) is 3.39. The van der Waals surface area contributed by atoms with Crippen LogP contribution in [-0.4, -0.2) is 64.4 Å². The molecule has 218 valence electrons. The van der Waals surface area contributed by atoms with Gasteiger partial charge in [0.1, 0.15) is 5.82 Å². The van der Waals surface area contributed by atoms with Gasteiger partial charge in [-0.1, -0.05) is 24.3 Å². The van der Waals surface area contributed by atoms with Crippen molar-refractivity contribution in [2.75, 3.05) is 31.3 Å². The number of nitrogens with zero attached hydrogens (tertiary/aromatic N) is 3. The Balaban J connectivity index is 1.19. The minimum atomic E-state index is -0.665. The molecule has 1 aliphatic carbocycles. The van der Waals surface area contributed by atoms with Crippen LogP contribution >= 0.6 is 22.6 Å². The number of H-pyrrole nitrogens is 1. The number of hydrogen-bond acceptors (Lipinski definition) is 6. The van der Waals surface area contributed by atoms with Gasteiger partial charge < -0.3 is 25.8 Å². The normalized spacial score (nSPS) is 17.1. The van der Waals surface area contributed by atoms with Crippen LogP contribution in [0.25, 0.3) is 22.2 Å². The standard InChI is InChI=1S/C31H33FIN7O2/c1-40(2)14-6-11-28(41)38-27-13-12-19(15-24(27)32)30(42)36-20-7-5-8-21(16-20)37-31-35-18-25(33)29(39-31)23-17-34-26-10-4-3-9-22(23)26/h3-4,6,9-13,15,17-18,20-21,34H,5,7-8,14,16H2,1-2H3,(H,36,42)(H,38,41)(H,35,37,39)/b11-6+/t20-,21+/m0/s1. The van der Waals surface area contributed by atoms with Gasteiger partial charge in [0.25, 0.3) is 5.91 Å². The molecular weight excluding hydrogens is 648 g/mol. The Morgan fingerprint density at radius 3 is 2.79 bits per heavy atom. The number of halogens is 2. The average molecular weight is 682 g/mol. The molecule has 2 aromatic heterocycles. The van der Waals surface area contributed by atoms with Crippen molar-refractivity contribution in [1.82, 2.24) is 25.2 Å². The van der Waals surface area contributed by atoms with Gasteiger partial charge in [-0.3, -0.25) is 9.59 Å². The second kappa shape index (κ2) is 13.4. The summed E-state index contributed by atoms with van der Waals surface area (Å²) in [6, 6.07) is 12.2. The maximum Gasteiger partial charge on any atom is 0.251 e. The van der Waals surface area contributed by atoms with Crippen LogP contribution in [-0.2, 0) is 4.79 Å². The van der Waals surface area contributed by atoms with Crippen LogP contribution < -0.4 is 16.0 Å². The molecule has 2 amide bonds. The predicted octanol–water partition coefficient (Wildman–Crippen LogP) is 5.58. The number of anilines is 2.